The summed E-state index contributed by atoms with van der Waals surface area (Å²) < 4.78 is 0. The number of nitrogens with one attached hydrogen (secondary N) is 2. The van der Waals surface area contributed by atoms with Crippen molar-refractivity contribution in [3.8, 4) is 0 Å². The fraction of sp³-hybridized carbons (Fsp3) is 0.125. The predicted octanol–water partition coefficient (Wildman–Crippen LogP) is 3.05. The van der Waals surface area contributed by atoms with Crippen LogP contribution in [0.4, 0.5) is 16.2 Å². The summed E-state index contributed by atoms with van der Waals surface area (Å²) >= 11 is 0. The normalized spacial score (nSPS) is 10.0. The minimum absolute atomic E-state index is 0.271. The van der Waals surface area contributed by atoms with Gasteiger partial charge in [-0.3, -0.25) is 4.79 Å². The Hall–Kier alpha value is -2.82. The summed E-state index contributed by atoms with van der Waals surface area (Å²) in [5, 5.41) is 5.36. The van der Waals surface area contributed by atoms with Crippen molar-refractivity contribution in [1.29, 1.82) is 0 Å². The maximum absolute atomic E-state index is 12.0. The SMILES string of the molecule is Cc1cc(C)cc(NC(=O)Nc2ccccc2C(N)=O)c1. The average molecular weight is 283 g/mol. The van der Waals surface area contributed by atoms with Gasteiger partial charge in [0.1, 0.15) is 0 Å². The Morgan fingerprint density at radius 1 is 0.952 bits per heavy atom. The third-order valence-electron chi connectivity index (χ3n) is 2.92. The van der Waals surface area contributed by atoms with E-state index in [1.165, 1.54) is 0 Å². The van der Waals surface area contributed by atoms with Crippen LogP contribution in [0.5, 0.6) is 0 Å². The standard InChI is InChI=1S/C16H17N3O2/c1-10-7-11(2)9-12(8-10)18-16(21)19-14-6-4-3-5-13(14)15(17)20/h3-9H,1-2H3,(H2,17,20)(H2,18,19,21). The van der Waals surface area contributed by atoms with Crippen LogP contribution < -0.4 is 16.4 Å². The van der Waals surface area contributed by atoms with Crippen molar-refractivity contribution in [1.82, 2.24) is 0 Å². The second-order valence-corrected chi connectivity index (χ2v) is 4.87. The molecule has 108 valence electrons. The van der Waals surface area contributed by atoms with Gasteiger partial charge in [0.2, 0.25) is 0 Å². The third kappa shape index (κ3) is 3.82. The van der Waals surface area contributed by atoms with Crippen LogP contribution in [0, 0.1) is 13.8 Å². The minimum atomic E-state index is -0.586. The van der Waals surface area contributed by atoms with Gasteiger partial charge in [0.15, 0.2) is 0 Å². The second-order valence-electron chi connectivity index (χ2n) is 4.87. The molecule has 5 nitrogen and oxygen atoms in total. The number of carbonyl (C=O) groups excluding carboxylic acids is 2. The molecule has 0 heterocycles. The van der Waals surface area contributed by atoms with Gasteiger partial charge in [0.25, 0.3) is 5.91 Å². The Morgan fingerprint density at radius 2 is 1.57 bits per heavy atom. The van der Waals surface area contributed by atoms with Gasteiger partial charge in [-0.05, 0) is 49.2 Å². The number of urea groups is 1. The van der Waals surface area contributed by atoms with Crippen LogP contribution in [0.25, 0.3) is 0 Å². The molecule has 0 aliphatic rings. The number of primary amides is 1. The number of para-hydroxylation sites is 1. The number of rotatable bonds is 3. The monoisotopic (exact) mass is 283 g/mol. The molecule has 2 aromatic rings. The number of benzene rings is 2. The van der Waals surface area contributed by atoms with E-state index in [4.69, 9.17) is 5.73 Å². The van der Waals surface area contributed by atoms with Crippen LogP contribution in [0.3, 0.4) is 0 Å². The molecule has 0 aliphatic carbocycles. The van der Waals surface area contributed by atoms with Gasteiger partial charge < -0.3 is 16.4 Å². The fourth-order valence-electron chi connectivity index (χ4n) is 2.14. The molecule has 21 heavy (non-hydrogen) atoms. The average Bonchev–Trinajstić information content (AvgIpc) is 2.37. The van der Waals surface area contributed by atoms with E-state index in [0.717, 1.165) is 11.1 Å². The lowest BCUT2D eigenvalue weighted by molar-refractivity contribution is 0.100. The lowest BCUT2D eigenvalue weighted by Gasteiger charge is -2.11. The van der Waals surface area contributed by atoms with Crippen molar-refractivity contribution in [3.63, 3.8) is 0 Å². The topological polar surface area (TPSA) is 84.2 Å². The van der Waals surface area contributed by atoms with Crippen LogP contribution in [0.15, 0.2) is 42.5 Å². The summed E-state index contributed by atoms with van der Waals surface area (Å²) in [6, 6.07) is 11.9. The van der Waals surface area contributed by atoms with Crippen molar-refractivity contribution in [3.05, 3.63) is 59.2 Å². The molecule has 0 aliphatic heterocycles. The summed E-state index contributed by atoms with van der Waals surface area (Å²) in [7, 11) is 0. The summed E-state index contributed by atoms with van der Waals surface area (Å²) in [6.07, 6.45) is 0. The van der Waals surface area contributed by atoms with E-state index in [-0.39, 0.29) is 5.56 Å². The van der Waals surface area contributed by atoms with E-state index in [0.29, 0.717) is 11.4 Å². The van der Waals surface area contributed by atoms with Gasteiger partial charge in [-0.15, -0.1) is 0 Å². The van der Waals surface area contributed by atoms with Crippen molar-refractivity contribution in [2.75, 3.05) is 10.6 Å². The molecule has 3 amide bonds. The minimum Gasteiger partial charge on any atom is -0.366 e. The molecule has 0 unspecified atom stereocenters. The fourth-order valence-corrected chi connectivity index (χ4v) is 2.14. The Labute approximate surface area is 123 Å². The zero-order valence-electron chi connectivity index (χ0n) is 11.9. The maximum Gasteiger partial charge on any atom is 0.323 e. The maximum atomic E-state index is 12.0. The van der Waals surface area contributed by atoms with Crippen LogP contribution in [-0.4, -0.2) is 11.9 Å². The zero-order chi connectivity index (χ0) is 15.4. The molecule has 0 fully saturated rings. The summed E-state index contributed by atoms with van der Waals surface area (Å²) in [6.45, 7) is 3.91. The van der Waals surface area contributed by atoms with E-state index < -0.39 is 11.9 Å². The van der Waals surface area contributed by atoms with Crippen LogP contribution >= 0.6 is 0 Å². The Bertz CT molecular complexity index is 675. The number of carbonyl (C=O) groups is 2. The van der Waals surface area contributed by atoms with Crippen LogP contribution in [0.1, 0.15) is 21.5 Å². The molecule has 0 saturated carbocycles. The molecule has 4 N–H and O–H groups in total. The van der Waals surface area contributed by atoms with Gasteiger partial charge in [-0.25, -0.2) is 4.79 Å². The first-order valence-corrected chi connectivity index (χ1v) is 6.51. The molecule has 0 atom stereocenters. The largest absolute Gasteiger partial charge is 0.366 e. The lowest BCUT2D eigenvalue weighted by atomic mass is 10.1. The zero-order valence-corrected chi connectivity index (χ0v) is 11.9. The highest BCUT2D eigenvalue weighted by atomic mass is 16.2. The number of aryl methyl sites for hydroxylation is 2. The van der Waals surface area contributed by atoms with Crippen LogP contribution in [-0.2, 0) is 0 Å². The Morgan fingerprint density at radius 3 is 2.19 bits per heavy atom. The highest BCUT2D eigenvalue weighted by Gasteiger charge is 2.10. The number of amides is 3. The number of hydrogen-bond donors (Lipinski definition) is 3. The molecule has 5 heteroatoms. The van der Waals surface area contributed by atoms with Gasteiger partial charge in [0.05, 0.1) is 11.3 Å². The molecule has 0 saturated heterocycles. The smallest absolute Gasteiger partial charge is 0.323 e. The van der Waals surface area contributed by atoms with Gasteiger partial charge in [-0.1, -0.05) is 18.2 Å². The van der Waals surface area contributed by atoms with E-state index >= 15 is 0 Å². The quantitative estimate of drug-likeness (QED) is 0.808. The van der Waals surface area contributed by atoms with E-state index in [2.05, 4.69) is 10.6 Å². The van der Waals surface area contributed by atoms with Crippen molar-refractivity contribution in [2.24, 2.45) is 5.73 Å². The number of anilines is 2. The number of nitrogens with two attached hydrogens (primary N) is 1. The highest BCUT2D eigenvalue weighted by Crippen LogP contribution is 2.16. The lowest BCUT2D eigenvalue weighted by Crippen LogP contribution is -2.22. The molecule has 0 aromatic heterocycles. The number of hydrogen-bond acceptors (Lipinski definition) is 2. The van der Waals surface area contributed by atoms with Crippen molar-refractivity contribution in [2.45, 2.75) is 13.8 Å². The van der Waals surface area contributed by atoms with Crippen molar-refractivity contribution < 1.29 is 9.59 Å². The predicted molar refractivity (Wildman–Crippen MR) is 83.5 cm³/mol. The first-order valence-electron chi connectivity index (χ1n) is 6.51. The highest BCUT2D eigenvalue weighted by molar-refractivity contribution is 6.06. The molecule has 0 spiro atoms. The van der Waals surface area contributed by atoms with Gasteiger partial charge in [-0.2, -0.15) is 0 Å². The summed E-state index contributed by atoms with van der Waals surface area (Å²) in [4.78, 5) is 23.3. The Kier molecular flexibility index (Phi) is 4.23. The molecule has 0 radical (unpaired) electrons. The summed E-state index contributed by atoms with van der Waals surface area (Å²) in [5.74, 6) is -0.586. The van der Waals surface area contributed by atoms with Gasteiger partial charge >= 0.3 is 6.03 Å². The first-order chi connectivity index (χ1) is 9.95. The van der Waals surface area contributed by atoms with Crippen LogP contribution in [0.2, 0.25) is 0 Å². The van der Waals surface area contributed by atoms with E-state index in [1.807, 2.05) is 32.0 Å². The molecule has 2 aromatic carbocycles. The first kappa shape index (κ1) is 14.6. The molecular weight excluding hydrogens is 266 g/mol. The third-order valence-corrected chi connectivity index (χ3v) is 2.92. The van der Waals surface area contributed by atoms with Gasteiger partial charge in [0, 0.05) is 5.69 Å². The van der Waals surface area contributed by atoms with Crippen molar-refractivity contribution >= 4 is 23.3 Å². The summed E-state index contributed by atoms with van der Waals surface area (Å²) in [5.41, 5.74) is 8.74. The Balaban J connectivity index is 2.14. The second kappa shape index (κ2) is 6.09. The van der Waals surface area contributed by atoms with E-state index in [9.17, 15) is 9.59 Å². The molecule has 0 bridgehead atoms. The molecular formula is C16H17N3O2. The van der Waals surface area contributed by atoms with E-state index in [1.54, 1.807) is 24.3 Å². The molecule has 2 rings (SSSR count).